The number of ether oxygens (including phenoxy) is 2. The lowest BCUT2D eigenvalue weighted by molar-refractivity contribution is -0.133. The fourth-order valence-electron chi connectivity index (χ4n) is 5.11. The summed E-state index contributed by atoms with van der Waals surface area (Å²) in [6.07, 6.45) is 5.19. The lowest BCUT2D eigenvalue weighted by Crippen LogP contribution is -2.26. The van der Waals surface area contributed by atoms with E-state index in [2.05, 4.69) is 25.4 Å². The van der Waals surface area contributed by atoms with Gasteiger partial charge in [-0.3, -0.25) is 9.48 Å². The molecule has 1 atom stereocenters. The maximum Gasteiger partial charge on any atom is 0.337 e. The van der Waals surface area contributed by atoms with Gasteiger partial charge in [0.1, 0.15) is 11.9 Å². The number of nitrogens with one attached hydrogen (secondary N) is 1. The average molecular weight is 611 g/mol. The molecule has 1 unspecified atom stereocenters. The number of aryl methyl sites for hydroxylation is 1. The number of nitrogens with two attached hydrogens (primary N) is 1. The summed E-state index contributed by atoms with van der Waals surface area (Å²) in [5.74, 6) is -3.53. The number of rotatable bonds is 6. The molecule has 5 aromatic rings. The average Bonchev–Trinajstić information content (AvgIpc) is 3.78. The van der Waals surface area contributed by atoms with Crippen molar-refractivity contribution in [3.05, 3.63) is 94.1 Å². The molecule has 14 nitrogen and oxygen atoms in total. The monoisotopic (exact) mass is 610 g/mol. The molecular formula is C30H23FN8O6. The van der Waals surface area contributed by atoms with Gasteiger partial charge in [-0.1, -0.05) is 12.1 Å². The number of fused-ring (bicyclic) bond motifs is 3. The Morgan fingerprint density at radius 3 is 2.58 bits per heavy atom. The molecule has 0 saturated heterocycles. The van der Waals surface area contributed by atoms with Crippen molar-refractivity contribution in [2.75, 3.05) is 11.1 Å². The highest BCUT2D eigenvalue weighted by atomic mass is 19.1. The van der Waals surface area contributed by atoms with Crippen molar-refractivity contribution < 1.29 is 28.6 Å². The van der Waals surface area contributed by atoms with Crippen LogP contribution in [0.3, 0.4) is 0 Å². The maximum atomic E-state index is 15.6. The predicted octanol–water partition coefficient (Wildman–Crippen LogP) is 2.71. The van der Waals surface area contributed by atoms with Crippen LogP contribution in [0.1, 0.15) is 41.8 Å². The lowest BCUT2D eigenvalue weighted by atomic mass is 10.0. The molecule has 1 aliphatic heterocycles. The zero-order chi connectivity index (χ0) is 31.4. The highest BCUT2D eigenvalue weighted by molar-refractivity contribution is 5.99. The third-order valence-corrected chi connectivity index (χ3v) is 7.30. The molecule has 0 amide bonds. The van der Waals surface area contributed by atoms with Crippen LogP contribution in [0.2, 0.25) is 0 Å². The van der Waals surface area contributed by atoms with Crippen LogP contribution in [0.5, 0.6) is 11.6 Å². The summed E-state index contributed by atoms with van der Waals surface area (Å²) < 4.78 is 29.1. The van der Waals surface area contributed by atoms with Gasteiger partial charge in [-0.2, -0.15) is 20.1 Å². The number of nitrogens with zero attached hydrogens (tertiary/aromatic N) is 6. The first-order chi connectivity index (χ1) is 21.6. The Kier molecular flexibility index (Phi) is 6.58. The number of anilines is 3. The molecule has 4 N–H and O–H groups in total. The van der Waals surface area contributed by atoms with Crippen LogP contribution >= 0.6 is 0 Å². The van der Waals surface area contributed by atoms with Gasteiger partial charge in [0.15, 0.2) is 11.6 Å². The van der Waals surface area contributed by atoms with Gasteiger partial charge in [-0.05, 0) is 54.2 Å². The van der Waals surface area contributed by atoms with Crippen LogP contribution in [0.15, 0.2) is 65.7 Å². The Hall–Kier alpha value is -5.96. The highest BCUT2D eigenvalue weighted by Crippen LogP contribution is 2.44. The van der Waals surface area contributed by atoms with E-state index in [1.54, 1.807) is 30.2 Å². The molecule has 7 rings (SSSR count). The smallest absolute Gasteiger partial charge is 0.337 e. The minimum absolute atomic E-state index is 0.00454. The van der Waals surface area contributed by atoms with Crippen LogP contribution in [-0.2, 0) is 16.6 Å². The molecular weight excluding hydrogens is 587 g/mol. The number of aromatic nitrogens is 6. The summed E-state index contributed by atoms with van der Waals surface area (Å²) in [6, 6.07) is 8.79. The fraction of sp³-hybridized carbons (Fsp3) is 0.167. The van der Waals surface area contributed by atoms with E-state index in [0.29, 0.717) is 11.3 Å². The van der Waals surface area contributed by atoms with Crippen LogP contribution < -0.4 is 26.1 Å². The van der Waals surface area contributed by atoms with Gasteiger partial charge in [-0.25, -0.2) is 18.5 Å². The number of halogens is 1. The molecule has 1 aliphatic carbocycles. The van der Waals surface area contributed by atoms with E-state index in [0.717, 1.165) is 29.6 Å². The van der Waals surface area contributed by atoms with Crippen molar-refractivity contribution in [3.63, 3.8) is 0 Å². The summed E-state index contributed by atoms with van der Waals surface area (Å²) in [4.78, 5) is 51.5. The van der Waals surface area contributed by atoms with Gasteiger partial charge < -0.3 is 25.6 Å². The van der Waals surface area contributed by atoms with Crippen molar-refractivity contribution in [3.8, 4) is 17.3 Å². The molecule has 3 aromatic heterocycles. The number of nitrogen functional groups attached to an aromatic ring is 1. The molecule has 1 fully saturated rings. The molecule has 226 valence electrons. The normalized spacial score (nSPS) is 15.9. The third kappa shape index (κ3) is 5.25. The largest absolute Gasteiger partial charge is 0.417 e. The maximum absolute atomic E-state index is 15.6. The Balaban J connectivity index is 1.36. The topological polar surface area (TPSA) is 189 Å². The Morgan fingerprint density at radius 1 is 1.07 bits per heavy atom. The van der Waals surface area contributed by atoms with Crippen molar-refractivity contribution in [1.82, 2.24) is 29.3 Å². The van der Waals surface area contributed by atoms with Crippen LogP contribution in [-0.4, -0.2) is 46.3 Å². The van der Waals surface area contributed by atoms with Crippen molar-refractivity contribution in [2.24, 2.45) is 7.05 Å². The molecule has 0 spiro atoms. The number of hydrogen-bond donors (Lipinski definition) is 3. The van der Waals surface area contributed by atoms with E-state index in [9.17, 15) is 19.5 Å². The molecule has 15 heteroatoms. The quantitative estimate of drug-likeness (QED) is 0.239. The minimum atomic E-state index is -1.47. The van der Waals surface area contributed by atoms with Gasteiger partial charge in [-0.15, -0.1) is 0 Å². The Morgan fingerprint density at radius 2 is 1.84 bits per heavy atom. The van der Waals surface area contributed by atoms with E-state index < -0.39 is 35.3 Å². The van der Waals surface area contributed by atoms with E-state index >= 15 is 4.39 Å². The van der Waals surface area contributed by atoms with Gasteiger partial charge >= 0.3 is 11.9 Å². The molecule has 0 radical (unpaired) electrons. The highest BCUT2D eigenvalue weighted by Gasteiger charge is 2.31. The Labute approximate surface area is 252 Å². The van der Waals surface area contributed by atoms with Gasteiger partial charge in [0.05, 0.1) is 23.0 Å². The van der Waals surface area contributed by atoms with Crippen molar-refractivity contribution in [2.45, 2.75) is 24.9 Å². The summed E-state index contributed by atoms with van der Waals surface area (Å²) in [5.41, 5.74) is 6.48. The summed E-state index contributed by atoms with van der Waals surface area (Å²) in [6.45, 7) is 0. The molecule has 4 heterocycles. The minimum Gasteiger partial charge on any atom is -0.417 e. The summed E-state index contributed by atoms with van der Waals surface area (Å²) in [7, 11) is 1.73. The molecule has 1 saturated carbocycles. The standard InChI is InChI=1S/C30H23FN8O6/c1-38-13-17(12-33-38)34-30-36-26(35-29(32)37-30)24(42)15-3-2-4-18(9-15)39-27(43)23-19(10-16(11-20(23)31)14-5-6-14)25-28(39)45-22(41)8-7-21(40)44-25/h2-4,7-14,24,42H,5-6H2,1H3,(H3,32,34,35,36,37)/b8-7-. The van der Waals surface area contributed by atoms with Crippen molar-refractivity contribution in [1.29, 1.82) is 0 Å². The van der Waals surface area contributed by atoms with E-state index in [1.807, 2.05) is 0 Å². The first-order valence-electron chi connectivity index (χ1n) is 13.7. The van der Waals surface area contributed by atoms with Gasteiger partial charge in [0, 0.05) is 30.8 Å². The second-order valence-corrected chi connectivity index (χ2v) is 10.6. The van der Waals surface area contributed by atoms with E-state index in [4.69, 9.17) is 15.2 Å². The third-order valence-electron chi connectivity index (χ3n) is 7.30. The zero-order valence-corrected chi connectivity index (χ0v) is 23.5. The zero-order valence-electron chi connectivity index (χ0n) is 23.5. The lowest BCUT2D eigenvalue weighted by Gasteiger charge is -2.20. The molecule has 0 bridgehead atoms. The second kappa shape index (κ2) is 10.6. The summed E-state index contributed by atoms with van der Waals surface area (Å²) in [5, 5.41) is 17.9. The van der Waals surface area contributed by atoms with E-state index in [1.165, 1.54) is 30.3 Å². The number of carbonyl (C=O) groups is 2. The number of benzene rings is 2. The number of carbonyl (C=O) groups excluding carboxylic acids is 2. The number of aliphatic hydroxyl groups is 1. The number of pyridine rings is 1. The van der Waals surface area contributed by atoms with Gasteiger partial charge in [0.25, 0.3) is 11.4 Å². The van der Waals surface area contributed by atoms with Crippen LogP contribution in [0.4, 0.5) is 22.0 Å². The van der Waals surface area contributed by atoms with Crippen LogP contribution in [0.25, 0.3) is 16.5 Å². The van der Waals surface area contributed by atoms with Crippen molar-refractivity contribution >= 4 is 40.3 Å². The number of aliphatic hydroxyl groups excluding tert-OH is 1. The van der Waals surface area contributed by atoms with Crippen LogP contribution in [0, 0.1) is 5.82 Å². The fourth-order valence-corrected chi connectivity index (χ4v) is 5.11. The van der Waals surface area contributed by atoms with E-state index in [-0.39, 0.29) is 51.4 Å². The predicted molar refractivity (Wildman–Crippen MR) is 157 cm³/mol. The number of esters is 2. The molecule has 45 heavy (non-hydrogen) atoms. The van der Waals surface area contributed by atoms with Gasteiger partial charge in [0.2, 0.25) is 11.9 Å². The summed E-state index contributed by atoms with van der Waals surface area (Å²) >= 11 is 0. The SMILES string of the molecule is Cn1cc(Nc2nc(N)nc(C(O)c3cccc(-n4c5c(c6cc(C7CC7)cc(F)c6c4=O)OC(=O)/C=C\C(=O)O5)c3)n2)cn1. The first-order valence-corrected chi connectivity index (χ1v) is 13.7. The Bertz CT molecular complexity index is 2140. The first kappa shape index (κ1) is 27.8. The molecule has 2 aliphatic rings. The molecule has 2 aromatic carbocycles. The second-order valence-electron chi connectivity index (χ2n) is 10.6. The number of hydrogen-bond acceptors (Lipinski definition) is 12.